The lowest BCUT2D eigenvalue weighted by molar-refractivity contribution is 1.19. The minimum absolute atomic E-state index is 1.40. The SMILES string of the molecule is Cc1c(C)c(C)c([B-]c2c(C)c(C)c(C)c(C)c2C)c(C)c1C. The van der Waals surface area contributed by atoms with Gasteiger partial charge in [0.1, 0.15) is 0 Å². The van der Waals surface area contributed by atoms with Gasteiger partial charge in [-0.3, -0.25) is 18.2 Å². The highest BCUT2D eigenvalue weighted by Crippen LogP contribution is 2.21. The van der Waals surface area contributed by atoms with E-state index in [9.17, 15) is 0 Å². The summed E-state index contributed by atoms with van der Waals surface area (Å²) >= 11 is 0. The van der Waals surface area contributed by atoms with Gasteiger partial charge < -0.3 is 0 Å². The molecule has 2 radical (unpaired) electrons. The Balaban J connectivity index is 2.71. The van der Waals surface area contributed by atoms with Gasteiger partial charge in [0.2, 0.25) is 0 Å². The fourth-order valence-electron chi connectivity index (χ4n) is 3.64. The van der Waals surface area contributed by atoms with Crippen molar-refractivity contribution < 1.29 is 0 Å². The van der Waals surface area contributed by atoms with Crippen LogP contribution in [0.5, 0.6) is 0 Å². The first kappa shape index (κ1) is 17.9. The molecular formula is C22H30B-. The molecule has 0 atom stereocenters. The summed E-state index contributed by atoms with van der Waals surface area (Å²) in [6.45, 7) is 22.5. The first-order valence-corrected chi connectivity index (χ1v) is 8.58. The number of hydrogen-bond acceptors (Lipinski definition) is 0. The van der Waals surface area contributed by atoms with Crippen LogP contribution in [0.15, 0.2) is 0 Å². The molecule has 2 aromatic carbocycles. The summed E-state index contributed by atoms with van der Waals surface area (Å²) in [5, 5.41) is 0. The van der Waals surface area contributed by atoms with Crippen molar-refractivity contribution in [2.24, 2.45) is 0 Å². The lowest BCUT2D eigenvalue weighted by Crippen LogP contribution is -2.36. The van der Waals surface area contributed by atoms with Gasteiger partial charge in [-0.25, -0.2) is 0 Å². The summed E-state index contributed by atoms with van der Waals surface area (Å²) < 4.78 is 0. The van der Waals surface area contributed by atoms with E-state index in [1.807, 2.05) is 0 Å². The van der Waals surface area contributed by atoms with Crippen LogP contribution in [0.2, 0.25) is 0 Å². The van der Waals surface area contributed by atoms with E-state index in [1.165, 1.54) is 66.6 Å². The van der Waals surface area contributed by atoms with Crippen LogP contribution in [-0.4, -0.2) is 7.28 Å². The lowest BCUT2D eigenvalue weighted by Gasteiger charge is -2.33. The van der Waals surface area contributed by atoms with Gasteiger partial charge in [0, 0.05) is 0 Å². The zero-order valence-electron chi connectivity index (χ0n) is 16.6. The second-order valence-corrected chi connectivity index (χ2v) is 7.22. The predicted octanol–water partition coefficient (Wildman–Crippen LogP) is 4.43. The normalized spacial score (nSPS) is 11.2. The number of rotatable bonds is 2. The molecule has 0 bridgehead atoms. The van der Waals surface area contributed by atoms with Gasteiger partial charge in [-0.2, -0.15) is 0 Å². The van der Waals surface area contributed by atoms with Crippen molar-refractivity contribution in [3.8, 4) is 0 Å². The average molecular weight is 305 g/mol. The Hall–Kier alpha value is -1.50. The summed E-state index contributed by atoms with van der Waals surface area (Å²) in [4.78, 5) is 0. The summed E-state index contributed by atoms with van der Waals surface area (Å²) in [6, 6.07) is 0. The number of benzene rings is 2. The van der Waals surface area contributed by atoms with Gasteiger partial charge in [-0.15, -0.1) is 0 Å². The monoisotopic (exact) mass is 305 g/mol. The first-order chi connectivity index (χ1) is 10.6. The molecule has 0 fully saturated rings. The summed E-state index contributed by atoms with van der Waals surface area (Å²) in [5.41, 5.74) is 17.0. The molecule has 2 rings (SSSR count). The average Bonchev–Trinajstić information content (AvgIpc) is 2.54. The van der Waals surface area contributed by atoms with Gasteiger partial charge >= 0.3 is 0 Å². The van der Waals surface area contributed by atoms with E-state index in [0.29, 0.717) is 0 Å². The maximum absolute atomic E-state index is 2.42. The summed E-state index contributed by atoms with van der Waals surface area (Å²) in [6.07, 6.45) is 0. The maximum atomic E-state index is 2.42. The van der Waals surface area contributed by atoms with Gasteiger partial charge in [-0.05, 0) is 103 Å². The van der Waals surface area contributed by atoms with Crippen LogP contribution in [0, 0.1) is 69.2 Å². The second kappa shape index (κ2) is 6.19. The van der Waals surface area contributed by atoms with E-state index in [4.69, 9.17) is 0 Å². The van der Waals surface area contributed by atoms with E-state index in [1.54, 1.807) is 0 Å². The number of hydrogen-bond donors (Lipinski definition) is 0. The van der Waals surface area contributed by atoms with Crippen molar-refractivity contribution >= 4 is 18.2 Å². The van der Waals surface area contributed by atoms with E-state index < -0.39 is 0 Å². The van der Waals surface area contributed by atoms with E-state index in [-0.39, 0.29) is 0 Å². The van der Waals surface area contributed by atoms with E-state index >= 15 is 0 Å². The molecule has 0 saturated heterocycles. The van der Waals surface area contributed by atoms with E-state index in [0.717, 1.165) is 0 Å². The largest absolute Gasteiger partial charge is 0.269 e. The Morgan fingerprint density at radius 2 is 0.478 bits per heavy atom. The summed E-state index contributed by atoms with van der Waals surface area (Å²) in [5.74, 6) is 0. The molecule has 0 spiro atoms. The van der Waals surface area contributed by atoms with Crippen LogP contribution < -0.4 is 10.9 Å². The van der Waals surface area contributed by atoms with Crippen molar-refractivity contribution in [1.29, 1.82) is 0 Å². The molecule has 23 heavy (non-hydrogen) atoms. The van der Waals surface area contributed by atoms with Crippen LogP contribution in [0.4, 0.5) is 0 Å². The topological polar surface area (TPSA) is 0 Å². The van der Waals surface area contributed by atoms with Crippen molar-refractivity contribution in [1.82, 2.24) is 0 Å². The standard InChI is InChI=1S/C22H30B/c1-11-13(3)17(7)21(18(8)14(11)4)23-22-19(9)15(5)12(2)16(6)20(22)10/h1-10H3/q-1. The third kappa shape index (κ3) is 2.75. The first-order valence-electron chi connectivity index (χ1n) is 8.58. The van der Waals surface area contributed by atoms with Crippen LogP contribution in [-0.2, 0) is 0 Å². The third-order valence-electron chi connectivity index (χ3n) is 6.40. The molecule has 0 aliphatic heterocycles. The second-order valence-electron chi connectivity index (χ2n) is 7.22. The van der Waals surface area contributed by atoms with Crippen LogP contribution >= 0.6 is 0 Å². The summed E-state index contributed by atoms with van der Waals surface area (Å²) in [7, 11) is 2.42. The molecule has 0 aromatic heterocycles. The molecule has 1 heteroatoms. The van der Waals surface area contributed by atoms with Crippen molar-refractivity contribution in [3.63, 3.8) is 0 Å². The van der Waals surface area contributed by atoms with Gasteiger partial charge in [0.05, 0.1) is 0 Å². The quantitative estimate of drug-likeness (QED) is 0.720. The molecule has 0 saturated carbocycles. The van der Waals surface area contributed by atoms with Crippen LogP contribution in [0.25, 0.3) is 0 Å². The van der Waals surface area contributed by atoms with Crippen molar-refractivity contribution in [2.75, 3.05) is 0 Å². The molecule has 0 aliphatic carbocycles. The third-order valence-corrected chi connectivity index (χ3v) is 6.40. The Morgan fingerprint density at radius 1 is 0.304 bits per heavy atom. The molecular weight excluding hydrogens is 275 g/mol. The molecule has 0 unspecified atom stereocenters. The van der Waals surface area contributed by atoms with Crippen LogP contribution in [0.1, 0.15) is 55.6 Å². The Labute approximate surface area is 143 Å². The lowest BCUT2D eigenvalue weighted by atomic mass is 9.56. The molecule has 0 heterocycles. The molecule has 0 nitrogen and oxygen atoms in total. The highest BCUT2D eigenvalue weighted by atomic mass is 14.2. The Kier molecular flexibility index (Phi) is 4.80. The minimum Gasteiger partial charge on any atom is -0.269 e. The van der Waals surface area contributed by atoms with E-state index in [2.05, 4.69) is 76.5 Å². The molecule has 0 N–H and O–H groups in total. The molecule has 0 aliphatic rings. The fourth-order valence-corrected chi connectivity index (χ4v) is 3.64. The molecule has 0 amide bonds. The maximum Gasteiger partial charge on any atom is -0.0392 e. The molecule has 2 aromatic rings. The Bertz CT molecular complexity index is 669. The zero-order chi connectivity index (χ0) is 17.6. The fraction of sp³-hybridized carbons (Fsp3) is 0.455. The highest BCUT2D eigenvalue weighted by molar-refractivity contribution is 6.69. The zero-order valence-corrected chi connectivity index (χ0v) is 16.6. The Morgan fingerprint density at radius 3 is 0.696 bits per heavy atom. The predicted molar refractivity (Wildman–Crippen MR) is 105 cm³/mol. The highest BCUT2D eigenvalue weighted by Gasteiger charge is 2.09. The van der Waals surface area contributed by atoms with Gasteiger partial charge in [-0.1, -0.05) is 22.3 Å². The van der Waals surface area contributed by atoms with Crippen molar-refractivity contribution in [2.45, 2.75) is 69.2 Å². The molecule has 122 valence electrons. The van der Waals surface area contributed by atoms with Crippen LogP contribution in [0.3, 0.4) is 0 Å². The van der Waals surface area contributed by atoms with Gasteiger partial charge in [0.25, 0.3) is 0 Å². The van der Waals surface area contributed by atoms with Gasteiger partial charge in [0.15, 0.2) is 0 Å². The van der Waals surface area contributed by atoms with Crippen molar-refractivity contribution in [3.05, 3.63) is 55.6 Å². The smallest absolute Gasteiger partial charge is 0.0392 e. The minimum atomic E-state index is 1.40.